The van der Waals surface area contributed by atoms with Crippen LogP contribution in [0.15, 0.2) is 24.3 Å². The lowest BCUT2D eigenvalue weighted by atomic mass is 9.78. The van der Waals surface area contributed by atoms with Gasteiger partial charge in [0, 0.05) is 25.6 Å². The van der Waals surface area contributed by atoms with Crippen LogP contribution in [0.2, 0.25) is 0 Å². The van der Waals surface area contributed by atoms with Crippen LogP contribution >= 0.6 is 0 Å². The number of nitrogens with one attached hydrogen (secondary N) is 2. The third-order valence-electron chi connectivity index (χ3n) is 4.65. The number of methoxy groups -OCH3 is 2. The molecule has 1 aliphatic rings. The Labute approximate surface area is 142 Å². The van der Waals surface area contributed by atoms with Gasteiger partial charge in [0.2, 0.25) is 0 Å². The molecule has 1 saturated carbocycles. The van der Waals surface area contributed by atoms with Gasteiger partial charge in [0.25, 0.3) is 0 Å². The van der Waals surface area contributed by atoms with Crippen LogP contribution in [0.1, 0.15) is 31.2 Å². The maximum absolute atomic E-state index is 12.0. The molecule has 0 atom stereocenters. The molecule has 0 spiro atoms. The van der Waals surface area contributed by atoms with Crippen molar-refractivity contribution in [1.29, 1.82) is 0 Å². The van der Waals surface area contributed by atoms with Gasteiger partial charge in [-0.2, -0.15) is 0 Å². The van der Waals surface area contributed by atoms with E-state index in [1.165, 1.54) is 5.56 Å². The van der Waals surface area contributed by atoms with E-state index < -0.39 is 11.8 Å². The molecule has 1 aromatic carbocycles. The Kier molecular flexibility index (Phi) is 6.61. The van der Waals surface area contributed by atoms with Crippen LogP contribution in [-0.4, -0.2) is 45.7 Å². The lowest BCUT2D eigenvalue weighted by molar-refractivity contribution is -0.139. The second-order valence-electron chi connectivity index (χ2n) is 6.15. The average molecular weight is 334 g/mol. The van der Waals surface area contributed by atoms with Crippen LogP contribution in [-0.2, 0) is 19.7 Å². The molecular formula is C18H26N2O4. The number of carbonyl (C=O) groups is 2. The zero-order chi connectivity index (χ0) is 17.4. The van der Waals surface area contributed by atoms with Gasteiger partial charge in [-0.3, -0.25) is 9.59 Å². The summed E-state index contributed by atoms with van der Waals surface area (Å²) < 4.78 is 10.1. The first-order chi connectivity index (χ1) is 11.6. The molecule has 2 amide bonds. The van der Waals surface area contributed by atoms with Gasteiger partial charge in [-0.25, -0.2) is 0 Å². The maximum atomic E-state index is 12.0. The third kappa shape index (κ3) is 4.47. The summed E-state index contributed by atoms with van der Waals surface area (Å²) >= 11 is 0. The van der Waals surface area contributed by atoms with Gasteiger partial charge in [0.1, 0.15) is 5.75 Å². The largest absolute Gasteiger partial charge is 0.497 e. The molecule has 1 fully saturated rings. The van der Waals surface area contributed by atoms with E-state index in [-0.39, 0.29) is 5.41 Å². The monoisotopic (exact) mass is 334 g/mol. The highest BCUT2D eigenvalue weighted by atomic mass is 16.5. The van der Waals surface area contributed by atoms with Gasteiger partial charge in [-0.05, 0) is 30.5 Å². The molecule has 2 N–H and O–H groups in total. The highest BCUT2D eigenvalue weighted by Gasteiger charge is 2.36. The summed E-state index contributed by atoms with van der Waals surface area (Å²) in [5, 5.41) is 5.33. The molecule has 132 valence electrons. The lowest BCUT2D eigenvalue weighted by Crippen LogP contribution is -2.46. The van der Waals surface area contributed by atoms with Crippen molar-refractivity contribution in [3.8, 4) is 5.75 Å². The summed E-state index contributed by atoms with van der Waals surface area (Å²) in [5.41, 5.74) is 1.08. The Morgan fingerprint density at radius 2 is 1.67 bits per heavy atom. The van der Waals surface area contributed by atoms with Crippen molar-refractivity contribution < 1.29 is 19.1 Å². The van der Waals surface area contributed by atoms with Crippen LogP contribution in [0, 0.1) is 0 Å². The molecule has 24 heavy (non-hydrogen) atoms. The van der Waals surface area contributed by atoms with Crippen molar-refractivity contribution in [3.63, 3.8) is 0 Å². The summed E-state index contributed by atoms with van der Waals surface area (Å²) in [5.74, 6) is -0.394. The minimum absolute atomic E-state index is 0.102. The summed E-state index contributed by atoms with van der Waals surface area (Å²) in [7, 11) is 3.19. The van der Waals surface area contributed by atoms with Crippen molar-refractivity contribution in [2.45, 2.75) is 31.1 Å². The van der Waals surface area contributed by atoms with E-state index in [0.717, 1.165) is 31.4 Å². The van der Waals surface area contributed by atoms with Crippen molar-refractivity contribution in [2.75, 3.05) is 33.9 Å². The number of amides is 2. The van der Waals surface area contributed by atoms with Gasteiger partial charge in [-0.15, -0.1) is 0 Å². The second kappa shape index (κ2) is 8.68. The van der Waals surface area contributed by atoms with Crippen LogP contribution in [0.3, 0.4) is 0 Å². The number of hydrogen-bond donors (Lipinski definition) is 2. The Morgan fingerprint density at radius 3 is 2.25 bits per heavy atom. The molecule has 0 aromatic heterocycles. The molecule has 1 aromatic rings. The Hall–Kier alpha value is -2.08. The van der Waals surface area contributed by atoms with Crippen molar-refractivity contribution in [2.24, 2.45) is 0 Å². The summed E-state index contributed by atoms with van der Waals surface area (Å²) in [6.07, 6.45) is 4.26. The zero-order valence-corrected chi connectivity index (χ0v) is 14.4. The molecule has 0 heterocycles. The van der Waals surface area contributed by atoms with Gasteiger partial charge in [-0.1, -0.05) is 25.0 Å². The molecule has 0 unspecified atom stereocenters. The highest BCUT2D eigenvalue weighted by Crippen LogP contribution is 2.41. The normalized spacial score (nSPS) is 15.8. The molecule has 6 heteroatoms. The Balaban J connectivity index is 1.97. The first-order valence-corrected chi connectivity index (χ1v) is 8.31. The first-order valence-electron chi connectivity index (χ1n) is 8.31. The van der Waals surface area contributed by atoms with Crippen molar-refractivity contribution in [1.82, 2.24) is 10.6 Å². The lowest BCUT2D eigenvalue weighted by Gasteiger charge is -2.30. The van der Waals surface area contributed by atoms with Gasteiger partial charge < -0.3 is 20.1 Å². The van der Waals surface area contributed by atoms with Gasteiger partial charge >= 0.3 is 11.8 Å². The quantitative estimate of drug-likeness (QED) is 0.583. The van der Waals surface area contributed by atoms with Crippen molar-refractivity contribution in [3.05, 3.63) is 29.8 Å². The summed E-state index contributed by atoms with van der Waals surface area (Å²) in [6, 6.07) is 7.98. The average Bonchev–Trinajstić information content (AvgIpc) is 3.10. The van der Waals surface area contributed by atoms with E-state index in [4.69, 9.17) is 9.47 Å². The fraction of sp³-hybridized carbons (Fsp3) is 0.556. The van der Waals surface area contributed by atoms with Crippen LogP contribution in [0.4, 0.5) is 0 Å². The van der Waals surface area contributed by atoms with E-state index in [2.05, 4.69) is 22.8 Å². The third-order valence-corrected chi connectivity index (χ3v) is 4.65. The molecular weight excluding hydrogens is 308 g/mol. The predicted octanol–water partition coefficient (Wildman–Crippen LogP) is 1.39. The smallest absolute Gasteiger partial charge is 0.309 e. The number of rotatable bonds is 7. The predicted molar refractivity (Wildman–Crippen MR) is 91.0 cm³/mol. The van der Waals surface area contributed by atoms with E-state index in [0.29, 0.717) is 19.7 Å². The number of ether oxygens (including phenoxy) is 2. The van der Waals surface area contributed by atoms with Crippen LogP contribution < -0.4 is 15.4 Å². The maximum Gasteiger partial charge on any atom is 0.309 e. The molecule has 0 bridgehead atoms. The minimum Gasteiger partial charge on any atom is -0.497 e. The van der Waals surface area contributed by atoms with Crippen LogP contribution in [0.25, 0.3) is 0 Å². The Morgan fingerprint density at radius 1 is 1.04 bits per heavy atom. The molecule has 2 rings (SSSR count). The number of benzene rings is 1. The zero-order valence-electron chi connectivity index (χ0n) is 14.4. The molecule has 0 saturated heterocycles. The SMILES string of the molecule is COCCNC(=O)C(=O)NCC1(c2ccc(OC)cc2)CCCC1. The molecule has 1 aliphatic carbocycles. The molecule has 0 aliphatic heterocycles. The van der Waals surface area contributed by atoms with Gasteiger partial charge in [0.15, 0.2) is 0 Å². The van der Waals surface area contributed by atoms with E-state index >= 15 is 0 Å². The molecule has 0 radical (unpaired) electrons. The fourth-order valence-electron chi connectivity index (χ4n) is 3.24. The van der Waals surface area contributed by atoms with E-state index in [9.17, 15) is 9.59 Å². The first kappa shape index (κ1) is 18.3. The number of carbonyl (C=O) groups excluding carboxylic acids is 2. The van der Waals surface area contributed by atoms with E-state index in [1.807, 2.05) is 12.1 Å². The Bertz CT molecular complexity index is 551. The molecule has 6 nitrogen and oxygen atoms in total. The van der Waals surface area contributed by atoms with Crippen LogP contribution in [0.5, 0.6) is 5.75 Å². The minimum atomic E-state index is -0.616. The van der Waals surface area contributed by atoms with Gasteiger partial charge in [0.05, 0.1) is 13.7 Å². The fourth-order valence-corrected chi connectivity index (χ4v) is 3.24. The van der Waals surface area contributed by atoms with E-state index in [1.54, 1.807) is 14.2 Å². The summed E-state index contributed by atoms with van der Waals surface area (Å²) in [4.78, 5) is 23.7. The second-order valence-corrected chi connectivity index (χ2v) is 6.15. The topological polar surface area (TPSA) is 76.7 Å². The standard InChI is InChI=1S/C18H26N2O4/c1-23-12-11-19-16(21)17(22)20-13-18(9-3-4-10-18)14-5-7-15(24-2)8-6-14/h5-8H,3-4,9-13H2,1-2H3,(H,19,21)(H,20,22). The van der Waals surface area contributed by atoms with Crippen molar-refractivity contribution >= 4 is 11.8 Å². The summed E-state index contributed by atoms with van der Waals surface area (Å²) in [6.45, 7) is 1.18. The highest BCUT2D eigenvalue weighted by molar-refractivity contribution is 6.35. The number of hydrogen-bond acceptors (Lipinski definition) is 4.